The van der Waals surface area contributed by atoms with Crippen LogP contribution < -0.4 is 5.56 Å². The molecule has 21 heavy (non-hydrogen) atoms. The first-order valence-corrected chi connectivity index (χ1v) is 6.56. The molecule has 0 saturated carbocycles. The molecule has 0 spiro atoms. The van der Waals surface area contributed by atoms with E-state index in [0.717, 1.165) is 5.69 Å². The highest BCUT2D eigenvalue weighted by Crippen LogP contribution is 2.13. The van der Waals surface area contributed by atoms with Crippen molar-refractivity contribution in [2.24, 2.45) is 0 Å². The number of hydrogen-bond acceptors (Lipinski definition) is 5. The third kappa shape index (κ3) is 2.63. The molecule has 2 aromatic heterocycles. The van der Waals surface area contributed by atoms with Crippen LogP contribution in [0.1, 0.15) is 12.7 Å². The summed E-state index contributed by atoms with van der Waals surface area (Å²) in [5.74, 6) is 0.597. The largest absolute Gasteiger partial charge is 0.374 e. The van der Waals surface area contributed by atoms with E-state index in [1.54, 1.807) is 6.20 Å². The standard InChI is InChI=1S/C14H14N4O3/c1-2-20-9-12-16-13(21-17-12)11-8-15-18(14(11)19)10-6-4-3-5-7-10/h3-8,15H,2,9H2,1H3. The van der Waals surface area contributed by atoms with Crippen molar-refractivity contribution in [3.8, 4) is 17.1 Å². The lowest BCUT2D eigenvalue weighted by Crippen LogP contribution is -2.15. The summed E-state index contributed by atoms with van der Waals surface area (Å²) in [7, 11) is 0. The second kappa shape index (κ2) is 5.76. The summed E-state index contributed by atoms with van der Waals surface area (Å²) < 4.78 is 11.7. The number of aromatic amines is 1. The Morgan fingerprint density at radius 1 is 1.33 bits per heavy atom. The van der Waals surface area contributed by atoms with Gasteiger partial charge in [-0.15, -0.1) is 0 Å². The van der Waals surface area contributed by atoms with Crippen molar-refractivity contribution < 1.29 is 9.26 Å². The van der Waals surface area contributed by atoms with Gasteiger partial charge in [0.15, 0.2) is 5.82 Å². The highest BCUT2D eigenvalue weighted by Gasteiger charge is 2.16. The minimum Gasteiger partial charge on any atom is -0.374 e. The smallest absolute Gasteiger partial charge is 0.284 e. The molecule has 0 saturated heterocycles. The van der Waals surface area contributed by atoms with Gasteiger partial charge in [0.25, 0.3) is 11.4 Å². The molecule has 1 aromatic carbocycles. The number of rotatable bonds is 5. The lowest BCUT2D eigenvalue weighted by Gasteiger charge is -1.98. The highest BCUT2D eigenvalue weighted by atomic mass is 16.5. The van der Waals surface area contributed by atoms with E-state index in [9.17, 15) is 4.79 Å². The maximum Gasteiger partial charge on any atom is 0.284 e. The van der Waals surface area contributed by atoms with E-state index in [2.05, 4.69) is 15.2 Å². The van der Waals surface area contributed by atoms with E-state index >= 15 is 0 Å². The number of nitrogens with zero attached hydrogens (tertiary/aromatic N) is 3. The fourth-order valence-electron chi connectivity index (χ4n) is 1.91. The molecule has 7 heteroatoms. The molecule has 0 radical (unpaired) electrons. The van der Waals surface area contributed by atoms with Crippen molar-refractivity contribution >= 4 is 0 Å². The highest BCUT2D eigenvalue weighted by molar-refractivity contribution is 5.51. The Balaban J connectivity index is 1.92. The molecule has 0 bridgehead atoms. The third-order valence-corrected chi connectivity index (χ3v) is 2.92. The molecule has 0 aliphatic carbocycles. The fourth-order valence-corrected chi connectivity index (χ4v) is 1.91. The van der Waals surface area contributed by atoms with Gasteiger partial charge in [0.1, 0.15) is 12.2 Å². The van der Waals surface area contributed by atoms with E-state index in [-0.39, 0.29) is 18.1 Å². The summed E-state index contributed by atoms with van der Waals surface area (Å²) in [6, 6.07) is 9.26. The Hall–Kier alpha value is -2.67. The molecule has 0 fully saturated rings. The number of para-hydroxylation sites is 1. The Bertz CT molecular complexity index is 773. The first-order valence-electron chi connectivity index (χ1n) is 6.56. The molecule has 1 N–H and O–H groups in total. The SMILES string of the molecule is CCOCc1noc(-c2c[nH]n(-c3ccccc3)c2=O)n1. The topological polar surface area (TPSA) is 85.9 Å². The average molecular weight is 286 g/mol. The van der Waals surface area contributed by atoms with Crippen LogP contribution in [0.3, 0.4) is 0 Å². The minimum absolute atomic E-state index is 0.181. The molecule has 0 atom stereocenters. The molecule has 3 rings (SSSR count). The van der Waals surface area contributed by atoms with Crippen LogP contribution in [0.2, 0.25) is 0 Å². The molecule has 0 aliphatic heterocycles. The van der Waals surface area contributed by atoms with Crippen LogP contribution in [0.4, 0.5) is 0 Å². The number of benzene rings is 1. The van der Waals surface area contributed by atoms with Gasteiger partial charge < -0.3 is 9.26 Å². The molecule has 0 amide bonds. The van der Waals surface area contributed by atoms with Crippen LogP contribution in [0.15, 0.2) is 45.8 Å². The van der Waals surface area contributed by atoms with Crippen LogP contribution in [0.5, 0.6) is 0 Å². The average Bonchev–Trinajstić information content (AvgIpc) is 3.12. The number of ether oxygens (including phenoxy) is 1. The van der Waals surface area contributed by atoms with E-state index in [1.807, 2.05) is 37.3 Å². The second-order valence-electron chi connectivity index (χ2n) is 4.32. The van der Waals surface area contributed by atoms with Crippen LogP contribution in [-0.4, -0.2) is 26.5 Å². The predicted octanol–water partition coefficient (Wildman–Crippen LogP) is 1.75. The van der Waals surface area contributed by atoms with Gasteiger partial charge in [-0.1, -0.05) is 23.4 Å². The molecule has 108 valence electrons. The lowest BCUT2D eigenvalue weighted by atomic mass is 10.3. The van der Waals surface area contributed by atoms with E-state index in [4.69, 9.17) is 9.26 Å². The van der Waals surface area contributed by atoms with Crippen molar-refractivity contribution in [1.82, 2.24) is 19.9 Å². The van der Waals surface area contributed by atoms with Crippen molar-refractivity contribution in [3.05, 3.63) is 52.7 Å². The summed E-state index contributed by atoms with van der Waals surface area (Å²) in [6.07, 6.45) is 1.55. The van der Waals surface area contributed by atoms with Gasteiger partial charge in [0.05, 0.1) is 5.69 Å². The number of aromatic nitrogens is 4. The molecule has 0 aliphatic rings. The lowest BCUT2D eigenvalue weighted by molar-refractivity contribution is 0.126. The maximum atomic E-state index is 12.4. The summed E-state index contributed by atoms with van der Waals surface area (Å²) >= 11 is 0. The van der Waals surface area contributed by atoms with Crippen LogP contribution in [0, 0.1) is 0 Å². The monoisotopic (exact) mass is 286 g/mol. The van der Waals surface area contributed by atoms with E-state index in [1.165, 1.54) is 4.68 Å². The van der Waals surface area contributed by atoms with Gasteiger partial charge in [-0.25, -0.2) is 4.68 Å². The molecular formula is C14H14N4O3. The molecule has 3 aromatic rings. The van der Waals surface area contributed by atoms with Crippen LogP contribution >= 0.6 is 0 Å². The normalized spacial score (nSPS) is 10.9. The zero-order valence-corrected chi connectivity index (χ0v) is 11.4. The molecule has 7 nitrogen and oxygen atoms in total. The van der Waals surface area contributed by atoms with Crippen molar-refractivity contribution in [3.63, 3.8) is 0 Å². The Morgan fingerprint density at radius 3 is 2.90 bits per heavy atom. The number of H-pyrrole nitrogens is 1. The Labute approximate surface area is 120 Å². The van der Waals surface area contributed by atoms with Gasteiger partial charge in [0.2, 0.25) is 0 Å². The zero-order chi connectivity index (χ0) is 14.7. The van der Waals surface area contributed by atoms with Gasteiger partial charge in [-0.05, 0) is 19.1 Å². The molecule has 0 unspecified atom stereocenters. The summed E-state index contributed by atoms with van der Waals surface area (Å²) in [4.78, 5) is 16.5. The van der Waals surface area contributed by atoms with Gasteiger partial charge in [-0.2, -0.15) is 4.98 Å². The van der Waals surface area contributed by atoms with Gasteiger partial charge >= 0.3 is 0 Å². The van der Waals surface area contributed by atoms with Crippen molar-refractivity contribution in [1.29, 1.82) is 0 Å². The maximum absolute atomic E-state index is 12.4. The van der Waals surface area contributed by atoms with Gasteiger partial charge in [-0.3, -0.25) is 9.89 Å². The number of nitrogens with one attached hydrogen (secondary N) is 1. The molecule has 2 heterocycles. The third-order valence-electron chi connectivity index (χ3n) is 2.92. The molecular weight excluding hydrogens is 272 g/mol. The minimum atomic E-state index is -0.243. The van der Waals surface area contributed by atoms with Gasteiger partial charge in [0, 0.05) is 12.8 Å². The fraction of sp³-hybridized carbons (Fsp3) is 0.214. The number of hydrogen-bond donors (Lipinski definition) is 1. The zero-order valence-electron chi connectivity index (χ0n) is 11.4. The quantitative estimate of drug-likeness (QED) is 0.772. The summed E-state index contributed by atoms with van der Waals surface area (Å²) in [6.45, 7) is 2.71. The first kappa shape index (κ1) is 13.3. The summed E-state index contributed by atoms with van der Waals surface area (Å²) in [5, 5.41) is 6.67. The Morgan fingerprint density at radius 2 is 2.14 bits per heavy atom. The van der Waals surface area contributed by atoms with Crippen molar-refractivity contribution in [2.45, 2.75) is 13.5 Å². The first-order chi connectivity index (χ1) is 10.3. The van der Waals surface area contributed by atoms with E-state index < -0.39 is 0 Å². The second-order valence-corrected chi connectivity index (χ2v) is 4.32. The van der Waals surface area contributed by atoms with Crippen molar-refractivity contribution in [2.75, 3.05) is 6.61 Å². The summed E-state index contributed by atoms with van der Waals surface area (Å²) in [5.41, 5.74) is 0.824. The van der Waals surface area contributed by atoms with Crippen LogP contribution in [0.25, 0.3) is 17.1 Å². The predicted molar refractivity (Wildman–Crippen MR) is 75.0 cm³/mol. The van der Waals surface area contributed by atoms with E-state index in [0.29, 0.717) is 18.0 Å². The Kier molecular flexibility index (Phi) is 3.65. The van der Waals surface area contributed by atoms with Crippen LogP contribution in [-0.2, 0) is 11.3 Å².